The molecule has 23 heavy (non-hydrogen) atoms. The summed E-state index contributed by atoms with van der Waals surface area (Å²) in [6.07, 6.45) is 0. The van der Waals surface area contributed by atoms with Crippen molar-refractivity contribution in [2.75, 3.05) is 0 Å². The normalized spacial score (nSPS) is 13.1. The van der Waals surface area contributed by atoms with Crippen LogP contribution in [-0.2, 0) is 9.84 Å². The van der Waals surface area contributed by atoms with Crippen LogP contribution in [0.25, 0.3) is 0 Å². The Kier molecular flexibility index (Phi) is 5.91. The van der Waals surface area contributed by atoms with Crippen LogP contribution in [-0.4, -0.2) is 37.4 Å². The van der Waals surface area contributed by atoms with E-state index < -0.39 is 38.8 Å². The number of rotatable bonds is 5. The van der Waals surface area contributed by atoms with Gasteiger partial charge in [0.05, 0.1) is 0 Å². The molecule has 122 valence electrons. The molecule has 0 bridgehead atoms. The second-order valence-electron chi connectivity index (χ2n) is 6.51. The van der Waals surface area contributed by atoms with E-state index in [-0.39, 0.29) is 0 Å². The summed E-state index contributed by atoms with van der Waals surface area (Å²) in [5, 5.41) is 1.57. The first kappa shape index (κ1) is 18.5. The molecule has 2 aromatic carbocycles. The molecule has 0 aliphatic heterocycles. The summed E-state index contributed by atoms with van der Waals surface area (Å²) in [6, 6.07) is 17.4. The Hall–Kier alpha value is -0.864. The summed E-state index contributed by atoms with van der Waals surface area (Å²) in [5.41, 5.74) is 1.07. The van der Waals surface area contributed by atoms with Gasteiger partial charge in [0.1, 0.15) is 0 Å². The second-order valence-corrected chi connectivity index (χ2v) is 17.6. The number of benzene rings is 2. The van der Waals surface area contributed by atoms with E-state index in [4.69, 9.17) is 0 Å². The number of hydrogen-bond donors (Lipinski definition) is 0. The summed E-state index contributed by atoms with van der Waals surface area (Å²) >= 11 is -0.658. The summed E-state index contributed by atoms with van der Waals surface area (Å²) < 4.78 is 28.0. The van der Waals surface area contributed by atoms with Gasteiger partial charge in [0.2, 0.25) is 0 Å². The van der Waals surface area contributed by atoms with E-state index in [1.54, 1.807) is 17.5 Å². The molecule has 0 saturated heterocycles. The van der Waals surface area contributed by atoms with Crippen LogP contribution >= 0.6 is 0 Å². The molecule has 0 atom stereocenters. The first-order valence-corrected chi connectivity index (χ1v) is 14.8. The van der Waals surface area contributed by atoms with Crippen LogP contribution in [0.1, 0.15) is 5.56 Å². The van der Waals surface area contributed by atoms with Gasteiger partial charge in [0, 0.05) is 0 Å². The van der Waals surface area contributed by atoms with Gasteiger partial charge in [-0.05, 0) is 0 Å². The van der Waals surface area contributed by atoms with Gasteiger partial charge in [-0.3, -0.25) is 0 Å². The van der Waals surface area contributed by atoms with Crippen LogP contribution in [0.3, 0.4) is 0 Å². The Balaban J connectivity index is 2.42. The zero-order valence-electron chi connectivity index (χ0n) is 13.9. The fourth-order valence-corrected chi connectivity index (χ4v) is 11.5. The van der Waals surface area contributed by atoms with Gasteiger partial charge in [-0.2, -0.15) is 0 Å². The molecular weight excluding hydrogens is 436 g/mol. The van der Waals surface area contributed by atoms with Crippen molar-refractivity contribution >= 4 is 42.4 Å². The maximum atomic E-state index is 12.8. The average Bonchev–Trinajstić information content (AvgIpc) is 2.47. The van der Waals surface area contributed by atoms with Crippen LogP contribution in [0.5, 0.6) is 0 Å². The number of sulfone groups is 1. The van der Waals surface area contributed by atoms with Crippen molar-refractivity contribution in [1.29, 1.82) is 0 Å². The molecule has 0 spiro atoms. The predicted octanol–water partition coefficient (Wildman–Crippen LogP) is 3.52. The zero-order chi connectivity index (χ0) is 17.1. The Bertz CT molecular complexity index is 789. The summed E-state index contributed by atoms with van der Waals surface area (Å²) in [7, 11) is -5.06. The molecule has 2 nitrogen and oxygen atoms in total. The average molecular weight is 458 g/mol. The molecule has 2 rings (SSSR count). The molecule has 5 heteroatoms. The molecule has 0 N–H and O–H groups in total. The van der Waals surface area contributed by atoms with Crippen molar-refractivity contribution in [1.82, 2.24) is 0 Å². The monoisotopic (exact) mass is 460 g/mol. The van der Waals surface area contributed by atoms with Crippen LogP contribution in [0.4, 0.5) is 0 Å². The van der Waals surface area contributed by atoms with Crippen LogP contribution in [0.2, 0.25) is 19.6 Å². The fraction of sp³-hybridized carbons (Fsp3) is 0.222. The van der Waals surface area contributed by atoms with Gasteiger partial charge < -0.3 is 0 Å². The van der Waals surface area contributed by atoms with Crippen LogP contribution in [0, 0.1) is 6.92 Å². The minimum atomic E-state index is -3.37. The minimum absolute atomic E-state index is 0.388. The van der Waals surface area contributed by atoms with Gasteiger partial charge in [-0.1, -0.05) is 0 Å². The Labute approximate surface area is 150 Å². The van der Waals surface area contributed by atoms with Crippen molar-refractivity contribution in [3.8, 4) is 0 Å². The standard InChI is InChI=1S/C18H22O2SSiTe/c1-15-10-12-16(13-11-15)21(19,20)14-18(22(2,3)4)23-17-8-6-5-7-9-17/h5-14H,1-4H3/b18-14+. The molecule has 0 fully saturated rings. The summed E-state index contributed by atoms with van der Waals surface area (Å²) in [4.78, 5) is 0.388. The number of hydrogen-bond acceptors (Lipinski definition) is 2. The van der Waals surface area contributed by atoms with Gasteiger partial charge in [-0.15, -0.1) is 0 Å². The molecule has 0 unspecified atom stereocenters. The molecule has 0 radical (unpaired) electrons. The molecule has 0 aromatic heterocycles. The van der Waals surface area contributed by atoms with Crippen LogP contribution in [0.15, 0.2) is 68.1 Å². The van der Waals surface area contributed by atoms with E-state index in [0.717, 1.165) is 5.56 Å². The van der Waals surface area contributed by atoms with Crippen molar-refractivity contribution < 1.29 is 8.42 Å². The second kappa shape index (κ2) is 7.35. The molecule has 0 amide bonds. The Morgan fingerprint density at radius 1 is 0.957 bits per heavy atom. The molecule has 0 heterocycles. The molecular formula is C18H22O2SSiTe. The van der Waals surface area contributed by atoms with Gasteiger partial charge in [-0.25, -0.2) is 0 Å². The van der Waals surface area contributed by atoms with Crippen molar-refractivity contribution in [3.63, 3.8) is 0 Å². The van der Waals surface area contributed by atoms with Crippen LogP contribution < -0.4 is 3.61 Å². The van der Waals surface area contributed by atoms with Gasteiger partial charge in [0.25, 0.3) is 0 Å². The van der Waals surface area contributed by atoms with E-state index in [1.165, 1.54) is 6.86 Å². The van der Waals surface area contributed by atoms with E-state index in [2.05, 4.69) is 31.8 Å². The molecule has 0 aliphatic rings. The van der Waals surface area contributed by atoms with E-state index >= 15 is 0 Å². The summed E-state index contributed by atoms with van der Waals surface area (Å²) in [5.74, 6) is 0. The fourth-order valence-electron chi connectivity index (χ4n) is 1.91. The third-order valence-corrected chi connectivity index (χ3v) is 15.4. The van der Waals surface area contributed by atoms with E-state index in [1.807, 2.05) is 37.3 Å². The topological polar surface area (TPSA) is 34.1 Å². The third-order valence-electron chi connectivity index (χ3n) is 3.32. The molecule has 0 saturated carbocycles. The molecule has 0 aliphatic carbocycles. The first-order chi connectivity index (χ1) is 10.7. The van der Waals surface area contributed by atoms with Crippen molar-refractivity contribution in [2.24, 2.45) is 0 Å². The summed E-state index contributed by atoms with van der Waals surface area (Å²) in [6.45, 7) is 8.62. The third kappa shape index (κ3) is 5.32. The van der Waals surface area contributed by atoms with Crippen molar-refractivity contribution in [2.45, 2.75) is 31.5 Å². The van der Waals surface area contributed by atoms with E-state index in [0.29, 0.717) is 4.90 Å². The molecule has 2 aromatic rings. The predicted molar refractivity (Wildman–Crippen MR) is 102 cm³/mol. The number of aryl methyl sites for hydroxylation is 1. The SMILES string of the molecule is Cc1ccc(S(=O)(=O)/C=C(/[Te]c2ccccc2)[Si](C)(C)C)cc1. The van der Waals surface area contributed by atoms with Gasteiger partial charge in [0.15, 0.2) is 0 Å². The van der Waals surface area contributed by atoms with Gasteiger partial charge >= 0.3 is 151 Å². The van der Waals surface area contributed by atoms with Crippen molar-refractivity contribution in [3.05, 3.63) is 68.8 Å². The maximum absolute atomic E-state index is 12.8. The Morgan fingerprint density at radius 3 is 2.04 bits per heavy atom. The first-order valence-electron chi connectivity index (χ1n) is 7.45. The Morgan fingerprint density at radius 2 is 1.52 bits per heavy atom. The van der Waals surface area contributed by atoms with E-state index in [9.17, 15) is 8.42 Å². The quantitative estimate of drug-likeness (QED) is 0.644. The zero-order valence-corrected chi connectivity index (χ0v) is 18.1.